The molecule has 3 nitrogen and oxygen atoms in total. The van der Waals surface area contributed by atoms with E-state index in [1.165, 1.54) is 0 Å². The van der Waals surface area contributed by atoms with E-state index >= 15 is 0 Å². The number of methoxy groups -OCH3 is 1. The Labute approximate surface area is 99.2 Å². The standard InChI is InChI=1S/C13H15FO3/c1-17-11-4-2-3-9(5-11)13(8-12(15)16)6-10(14)7-13/h2-5,10H,6-8H2,1H3,(H,15,16). The van der Waals surface area contributed by atoms with Crippen molar-refractivity contribution in [3.8, 4) is 5.75 Å². The second-order valence-electron chi connectivity index (χ2n) is 4.59. The maximum Gasteiger partial charge on any atom is 0.304 e. The Morgan fingerprint density at radius 1 is 1.59 bits per heavy atom. The van der Waals surface area contributed by atoms with E-state index < -0.39 is 17.6 Å². The molecule has 1 aliphatic rings. The third-order valence-electron chi connectivity index (χ3n) is 3.40. The number of ether oxygens (including phenoxy) is 1. The van der Waals surface area contributed by atoms with Gasteiger partial charge in [-0.05, 0) is 30.5 Å². The number of halogens is 1. The highest BCUT2D eigenvalue weighted by molar-refractivity contribution is 5.69. The van der Waals surface area contributed by atoms with Crippen LogP contribution in [-0.2, 0) is 10.2 Å². The summed E-state index contributed by atoms with van der Waals surface area (Å²) >= 11 is 0. The predicted octanol–water partition coefficient (Wildman–Crippen LogP) is 2.54. The molecular formula is C13H15FO3. The van der Waals surface area contributed by atoms with Gasteiger partial charge in [0.05, 0.1) is 13.5 Å². The summed E-state index contributed by atoms with van der Waals surface area (Å²) in [4.78, 5) is 10.9. The Balaban J connectivity index is 2.29. The first-order valence-corrected chi connectivity index (χ1v) is 5.56. The number of aliphatic carboxylic acids is 1. The lowest BCUT2D eigenvalue weighted by atomic mass is 9.61. The van der Waals surface area contributed by atoms with Gasteiger partial charge in [-0.3, -0.25) is 4.79 Å². The van der Waals surface area contributed by atoms with E-state index in [9.17, 15) is 9.18 Å². The zero-order valence-corrected chi connectivity index (χ0v) is 9.65. The van der Waals surface area contributed by atoms with Crippen LogP contribution in [0.25, 0.3) is 0 Å². The molecule has 4 heteroatoms. The van der Waals surface area contributed by atoms with Crippen LogP contribution < -0.4 is 4.74 Å². The second-order valence-corrected chi connectivity index (χ2v) is 4.59. The van der Waals surface area contributed by atoms with Crippen LogP contribution in [0.4, 0.5) is 4.39 Å². The second kappa shape index (κ2) is 4.35. The summed E-state index contributed by atoms with van der Waals surface area (Å²) in [6.45, 7) is 0. The number of carboxylic acid groups (broad SMARTS) is 1. The van der Waals surface area contributed by atoms with Gasteiger partial charge in [0.15, 0.2) is 0 Å². The Morgan fingerprint density at radius 2 is 2.29 bits per heavy atom. The van der Waals surface area contributed by atoms with Gasteiger partial charge in [-0.25, -0.2) is 4.39 Å². The molecule has 1 N–H and O–H groups in total. The summed E-state index contributed by atoms with van der Waals surface area (Å²) < 4.78 is 18.2. The van der Waals surface area contributed by atoms with Crippen LogP contribution in [0.15, 0.2) is 24.3 Å². The van der Waals surface area contributed by atoms with Crippen molar-refractivity contribution in [3.63, 3.8) is 0 Å². The van der Waals surface area contributed by atoms with Gasteiger partial charge in [-0.15, -0.1) is 0 Å². The largest absolute Gasteiger partial charge is 0.497 e. The zero-order valence-electron chi connectivity index (χ0n) is 9.65. The number of alkyl halides is 1. The molecule has 17 heavy (non-hydrogen) atoms. The summed E-state index contributed by atoms with van der Waals surface area (Å²) in [5, 5.41) is 8.93. The van der Waals surface area contributed by atoms with Gasteiger partial charge in [0.2, 0.25) is 0 Å². The van der Waals surface area contributed by atoms with Crippen LogP contribution in [0.1, 0.15) is 24.8 Å². The first kappa shape index (κ1) is 11.9. The van der Waals surface area contributed by atoms with Gasteiger partial charge < -0.3 is 9.84 Å². The maximum absolute atomic E-state index is 13.1. The van der Waals surface area contributed by atoms with Crippen LogP contribution in [-0.4, -0.2) is 24.4 Å². The van der Waals surface area contributed by atoms with Crippen LogP contribution >= 0.6 is 0 Å². The third-order valence-corrected chi connectivity index (χ3v) is 3.40. The molecule has 2 rings (SSSR count). The number of rotatable bonds is 4. The van der Waals surface area contributed by atoms with E-state index in [2.05, 4.69) is 0 Å². The molecule has 1 aromatic carbocycles. The van der Waals surface area contributed by atoms with E-state index in [0.717, 1.165) is 5.56 Å². The topological polar surface area (TPSA) is 46.5 Å². The predicted molar refractivity (Wildman–Crippen MR) is 61.1 cm³/mol. The molecule has 0 heterocycles. The minimum absolute atomic E-state index is 0.0272. The Morgan fingerprint density at radius 3 is 2.82 bits per heavy atom. The zero-order chi connectivity index (χ0) is 12.5. The molecule has 1 aliphatic carbocycles. The molecule has 0 atom stereocenters. The normalized spacial score (nSPS) is 27.3. The fraction of sp³-hybridized carbons (Fsp3) is 0.462. The van der Waals surface area contributed by atoms with Gasteiger partial charge in [-0.2, -0.15) is 0 Å². The number of hydrogen-bond acceptors (Lipinski definition) is 2. The van der Waals surface area contributed by atoms with Gasteiger partial charge in [0.25, 0.3) is 0 Å². The molecule has 0 radical (unpaired) electrons. The number of carboxylic acids is 1. The van der Waals surface area contributed by atoms with Crippen LogP contribution in [0.3, 0.4) is 0 Å². The highest BCUT2D eigenvalue weighted by Crippen LogP contribution is 2.48. The van der Waals surface area contributed by atoms with Gasteiger partial charge in [0.1, 0.15) is 11.9 Å². The quantitative estimate of drug-likeness (QED) is 0.876. The van der Waals surface area contributed by atoms with Crippen LogP contribution in [0, 0.1) is 0 Å². The maximum atomic E-state index is 13.1. The first-order valence-electron chi connectivity index (χ1n) is 5.56. The minimum Gasteiger partial charge on any atom is -0.497 e. The molecule has 0 amide bonds. The van der Waals surface area contributed by atoms with E-state index in [1.807, 2.05) is 12.1 Å². The molecule has 0 saturated heterocycles. The lowest BCUT2D eigenvalue weighted by molar-refractivity contribution is -0.140. The summed E-state index contributed by atoms with van der Waals surface area (Å²) in [6, 6.07) is 7.25. The minimum atomic E-state index is -0.889. The van der Waals surface area contributed by atoms with Crippen molar-refractivity contribution in [1.82, 2.24) is 0 Å². The van der Waals surface area contributed by atoms with Crippen molar-refractivity contribution in [2.24, 2.45) is 0 Å². The summed E-state index contributed by atoms with van der Waals surface area (Å²) in [6.07, 6.45) is -0.347. The Hall–Kier alpha value is -1.58. The van der Waals surface area contributed by atoms with E-state index in [0.29, 0.717) is 5.75 Å². The van der Waals surface area contributed by atoms with Crippen molar-refractivity contribution in [1.29, 1.82) is 0 Å². The van der Waals surface area contributed by atoms with Gasteiger partial charge in [-0.1, -0.05) is 12.1 Å². The number of benzene rings is 1. The average molecular weight is 238 g/mol. The van der Waals surface area contributed by atoms with Crippen molar-refractivity contribution < 1.29 is 19.0 Å². The summed E-state index contributed by atoms with van der Waals surface area (Å²) in [5.41, 5.74) is 0.299. The van der Waals surface area contributed by atoms with Gasteiger partial charge in [0, 0.05) is 5.41 Å². The molecule has 0 bridgehead atoms. The van der Waals surface area contributed by atoms with Gasteiger partial charge >= 0.3 is 5.97 Å². The molecule has 0 spiro atoms. The Bertz CT molecular complexity index is 424. The molecule has 1 saturated carbocycles. The third kappa shape index (κ3) is 2.25. The van der Waals surface area contributed by atoms with Crippen LogP contribution in [0.5, 0.6) is 5.75 Å². The number of hydrogen-bond donors (Lipinski definition) is 1. The summed E-state index contributed by atoms with van der Waals surface area (Å²) in [5.74, 6) is -0.214. The number of carbonyl (C=O) groups is 1. The van der Waals surface area contributed by atoms with E-state index in [1.54, 1.807) is 19.2 Å². The van der Waals surface area contributed by atoms with Crippen LogP contribution in [0.2, 0.25) is 0 Å². The monoisotopic (exact) mass is 238 g/mol. The van der Waals surface area contributed by atoms with E-state index in [4.69, 9.17) is 9.84 Å². The highest BCUT2D eigenvalue weighted by atomic mass is 19.1. The van der Waals surface area contributed by atoms with Crippen molar-refractivity contribution >= 4 is 5.97 Å². The highest BCUT2D eigenvalue weighted by Gasteiger charge is 2.47. The molecular weight excluding hydrogens is 223 g/mol. The molecule has 1 fully saturated rings. The molecule has 1 aromatic rings. The fourth-order valence-corrected chi connectivity index (χ4v) is 2.51. The SMILES string of the molecule is COc1cccc(C2(CC(=O)O)CC(F)C2)c1. The average Bonchev–Trinajstić information content (AvgIpc) is 2.26. The van der Waals surface area contributed by atoms with Crippen molar-refractivity contribution in [3.05, 3.63) is 29.8 Å². The Kier molecular flexibility index (Phi) is 3.05. The lowest BCUT2D eigenvalue weighted by Gasteiger charge is -2.43. The molecule has 0 aliphatic heterocycles. The molecule has 92 valence electrons. The lowest BCUT2D eigenvalue weighted by Crippen LogP contribution is -2.44. The van der Waals surface area contributed by atoms with Crippen molar-refractivity contribution in [2.75, 3.05) is 7.11 Å². The molecule has 0 aromatic heterocycles. The summed E-state index contributed by atoms with van der Waals surface area (Å²) in [7, 11) is 1.56. The fourth-order valence-electron chi connectivity index (χ4n) is 2.51. The first-order chi connectivity index (χ1) is 8.05. The van der Waals surface area contributed by atoms with E-state index in [-0.39, 0.29) is 19.3 Å². The molecule has 0 unspecified atom stereocenters. The smallest absolute Gasteiger partial charge is 0.304 e. The van der Waals surface area contributed by atoms with Crippen molar-refractivity contribution in [2.45, 2.75) is 30.8 Å².